The maximum absolute atomic E-state index is 11.8. The van der Waals surface area contributed by atoms with E-state index in [-0.39, 0.29) is 23.8 Å². The first-order valence-corrected chi connectivity index (χ1v) is 12.4. The molecule has 194 valence electrons. The van der Waals surface area contributed by atoms with Gasteiger partial charge in [0.05, 0.1) is 24.1 Å². The lowest BCUT2D eigenvalue weighted by molar-refractivity contribution is -0.129. The zero-order valence-electron chi connectivity index (χ0n) is 20.5. The number of anilines is 1. The molecule has 1 aliphatic rings. The molecule has 3 aromatic carbocycles. The van der Waals surface area contributed by atoms with Gasteiger partial charge in [0.15, 0.2) is 0 Å². The van der Waals surface area contributed by atoms with Crippen LogP contribution in [0.4, 0.5) is 5.69 Å². The van der Waals surface area contributed by atoms with Crippen molar-refractivity contribution in [3.05, 3.63) is 83.4 Å². The molecule has 1 heterocycles. The first kappa shape index (κ1) is 27.6. The number of amides is 2. The number of hydrogen-bond acceptors (Lipinski definition) is 7. The highest BCUT2D eigenvalue weighted by molar-refractivity contribution is 8.00. The summed E-state index contributed by atoms with van der Waals surface area (Å²) < 4.78 is 10.8. The normalized spacial score (nSPS) is 12.1. The van der Waals surface area contributed by atoms with Crippen molar-refractivity contribution in [2.75, 3.05) is 24.3 Å². The second-order valence-corrected chi connectivity index (χ2v) is 8.94. The summed E-state index contributed by atoms with van der Waals surface area (Å²) in [5.74, 6) is -0.236. The Morgan fingerprint density at radius 3 is 2.24 bits per heavy atom. The largest absolute Gasteiger partial charge is 0.497 e. The highest BCUT2D eigenvalue weighted by atomic mass is 32.2. The Morgan fingerprint density at radius 1 is 1.00 bits per heavy atom. The molecule has 9 nitrogen and oxygen atoms in total. The van der Waals surface area contributed by atoms with Gasteiger partial charge in [0.25, 0.3) is 5.91 Å². The lowest BCUT2D eigenvalue weighted by atomic mass is 10.2. The summed E-state index contributed by atoms with van der Waals surface area (Å²) in [7, 11) is 1.67. The zero-order valence-corrected chi connectivity index (χ0v) is 21.3. The van der Waals surface area contributed by atoms with E-state index in [9.17, 15) is 14.4 Å². The van der Waals surface area contributed by atoms with Crippen molar-refractivity contribution in [1.82, 2.24) is 5.48 Å². The van der Waals surface area contributed by atoms with Gasteiger partial charge in [0.1, 0.15) is 24.7 Å². The van der Waals surface area contributed by atoms with Crippen LogP contribution in [0.2, 0.25) is 0 Å². The molecule has 2 amide bonds. The molecule has 0 fully saturated rings. The highest BCUT2D eigenvalue weighted by Gasteiger charge is 2.27. The average Bonchev–Trinajstić information content (AvgIpc) is 2.93. The Balaban J connectivity index is 0.000000206. The second kappa shape index (κ2) is 13.3. The predicted octanol–water partition coefficient (Wildman–Crippen LogP) is 4.17. The number of carboxylic acids is 1. The van der Waals surface area contributed by atoms with Gasteiger partial charge in [0, 0.05) is 4.90 Å². The van der Waals surface area contributed by atoms with E-state index in [2.05, 4.69) is 19.1 Å². The number of benzene rings is 3. The maximum Gasteiger partial charge on any atom is 0.335 e. The minimum Gasteiger partial charge on any atom is -0.497 e. The van der Waals surface area contributed by atoms with Gasteiger partial charge >= 0.3 is 5.97 Å². The maximum atomic E-state index is 11.8. The van der Waals surface area contributed by atoms with Crippen LogP contribution in [-0.4, -0.2) is 47.5 Å². The van der Waals surface area contributed by atoms with Crippen molar-refractivity contribution in [2.24, 2.45) is 0 Å². The van der Waals surface area contributed by atoms with Gasteiger partial charge in [-0.1, -0.05) is 31.2 Å². The lowest BCUT2D eigenvalue weighted by Gasteiger charge is -2.28. The number of carbonyl (C=O) groups is 3. The molecule has 0 saturated heterocycles. The monoisotopic (exact) mass is 524 g/mol. The number of carboxylic acid groups (broad SMARTS) is 1. The van der Waals surface area contributed by atoms with E-state index < -0.39 is 11.9 Å². The van der Waals surface area contributed by atoms with Gasteiger partial charge in [0.2, 0.25) is 5.91 Å². The summed E-state index contributed by atoms with van der Waals surface area (Å²) in [6.45, 7) is 2.37. The molecule has 0 atom stereocenters. The van der Waals surface area contributed by atoms with Gasteiger partial charge in [-0.25, -0.2) is 10.3 Å². The number of hydroxylamine groups is 1. The minimum atomic E-state index is -1.11. The van der Waals surface area contributed by atoms with Crippen molar-refractivity contribution in [3.63, 3.8) is 0 Å². The number of aryl methyl sites for hydroxylation is 1. The number of fused-ring (bicyclic) bond motifs is 1. The summed E-state index contributed by atoms with van der Waals surface area (Å²) in [5.41, 5.74) is 4.30. The molecule has 3 N–H and O–H groups in total. The van der Waals surface area contributed by atoms with Crippen molar-refractivity contribution < 1.29 is 34.2 Å². The smallest absolute Gasteiger partial charge is 0.335 e. The van der Waals surface area contributed by atoms with Crippen molar-refractivity contribution in [2.45, 2.75) is 24.8 Å². The third kappa shape index (κ3) is 7.73. The molecule has 0 radical (unpaired) electrons. The van der Waals surface area contributed by atoms with Gasteiger partial charge in [-0.05, 0) is 60.0 Å². The van der Waals surface area contributed by atoms with Crippen LogP contribution >= 0.6 is 11.8 Å². The molecule has 1 aliphatic heterocycles. The standard InChI is InChI=1S/C16H18O2.C11H10N2O5S/c1-3-13-4-10-16(11-5-13)18-12-14-6-8-15(17-2)9-7-14;14-9(12-18)4-13-7-3-6(11(16)17)1-2-8(7)19-5-10(13)15/h4-11H,3,12H2,1-2H3;1-3,18H,4-5H2,(H,12,14)(H,16,17). The number of hydrogen-bond donors (Lipinski definition) is 3. The van der Waals surface area contributed by atoms with Crippen LogP contribution in [0.5, 0.6) is 11.5 Å². The van der Waals surface area contributed by atoms with Crippen molar-refractivity contribution in [1.29, 1.82) is 0 Å². The van der Waals surface area contributed by atoms with E-state index in [4.69, 9.17) is 19.8 Å². The predicted molar refractivity (Wildman–Crippen MR) is 140 cm³/mol. The highest BCUT2D eigenvalue weighted by Crippen LogP contribution is 2.35. The van der Waals surface area contributed by atoms with Crippen molar-refractivity contribution >= 4 is 35.2 Å². The fourth-order valence-corrected chi connectivity index (χ4v) is 4.31. The van der Waals surface area contributed by atoms with Gasteiger partial charge < -0.3 is 19.5 Å². The van der Waals surface area contributed by atoms with Gasteiger partial charge in [-0.2, -0.15) is 0 Å². The summed E-state index contributed by atoms with van der Waals surface area (Å²) in [6, 6.07) is 20.5. The third-order valence-electron chi connectivity index (χ3n) is 5.47. The fourth-order valence-electron chi connectivity index (χ4n) is 3.40. The molecule has 0 saturated carbocycles. The van der Waals surface area contributed by atoms with E-state index in [1.807, 2.05) is 36.4 Å². The Morgan fingerprint density at radius 2 is 1.65 bits per heavy atom. The quantitative estimate of drug-likeness (QED) is 0.296. The molecule has 3 aromatic rings. The summed E-state index contributed by atoms with van der Waals surface area (Å²) in [5, 5.41) is 17.4. The van der Waals surface area contributed by atoms with E-state index in [0.717, 1.165) is 33.3 Å². The second-order valence-electron chi connectivity index (χ2n) is 7.93. The average molecular weight is 525 g/mol. The molecule has 10 heteroatoms. The Labute approximate surface area is 219 Å². The molecule has 0 aliphatic carbocycles. The molecule has 0 bridgehead atoms. The Hall–Kier alpha value is -4.02. The number of methoxy groups -OCH3 is 1. The SMILES string of the molecule is CCc1ccc(OCc2ccc(OC)cc2)cc1.O=C(CN1C(=O)CSc2ccc(C(=O)O)cc21)NO. The molecule has 0 unspecified atom stereocenters. The van der Waals surface area contributed by atoms with E-state index >= 15 is 0 Å². The van der Waals surface area contributed by atoms with Crippen LogP contribution in [-0.2, 0) is 22.6 Å². The molecule has 0 aromatic heterocycles. The van der Waals surface area contributed by atoms with Crippen LogP contribution in [0.25, 0.3) is 0 Å². The zero-order chi connectivity index (χ0) is 26.8. The van der Waals surface area contributed by atoms with Crippen LogP contribution in [0.1, 0.15) is 28.4 Å². The van der Waals surface area contributed by atoms with Crippen LogP contribution in [0.3, 0.4) is 0 Å². The van der Waals surface area contributed by atoms with E-state index in [0.29, 0.717) is 12.3 Å². The minimum absolute atomic E-state index is 0.0310. The Kier molecular flexibility index (Phi) is 9.93. The number of rotatable bonds is 8. The van der Waals surface area contributed by atoms with Crippen LogP contribution < -0.4 is 19.9 Å². The van der Waals surface area contributed by atoms with Crippen molar-refractivity contribution in [3.8, 4) is 11.5 Å². The van der Waals surface area contributed by atoms with Crippen LogP contribution in [0, 0.1) is 0 Å². The fraction of sp³-hybridized carbons (Fsp3) is 0.222. The summed E-state index contributed by atoms with van der Waals surface area (Å²) in [6.07, 6.45) is 1.05. The topological polar surface area (TPSA) is 125 Å². The summed E-state index contributed by atoms with van der Waals surface area (Å²) in [4.78, 5) is 35.8. The molecular weight excluding hydrogens is 496 g/mol. The number of nitrogens with one attached hydrogen (secondary N) is 1. The number of carbonyl (C=O) groups excluding carboxylic acids is 2. The number of aromatic carboxylic acids is 1. The van der Waals surface area contributed by atoms with Gasteiger partial charge in [-0.15, -0.1) is 11.8 Å². The molecule has 37 heavy (non-hydrogen) atoms. The molecular formula is C27H28N2O7S. The number of nitrogens with zero attached hydrogens (tertiary/aromatic N) is 1. The molecule has 0 spiro atoms. The third-order valence-corrected chi connectivity index (χ3v) is 6.52. The number of thioether (sulfide) groups is 1. The first-order valence-electron chi connectivity index (χ1n) is 11.4. The Bertz CT molecular complexity index is 1180. The van der Waals surface area contributed by atoms with E-state index in [1.54, 1.807) is 13.2 Å². The van der Waals surface area contributed by atoms with Gasteiger partial charge in [-0.3, -0.25) is 14.8 Å². The van der Waals surface area contributed by atoms with Crippen LogP contribution in [0.15, 0.2) is 71.6 Å². The summed E-state index contributed by atoms with van der Waals surface area (Å²) >= 11 is 1.28. The number of ether oxygens (including phenoxy) is 2. The lowest BCUT2D eigenvalue weighted by Crippen LogP contribution is -2.42. The first-order chi connectivity index (χ1) is 17.8. The van der Waals surface area contributed by atoms with E-state index in [1.165, 1.54) is 34.9 Å². The molecule has 4 rings (SSSR count).